The zero-order chi connectivity index (χ0) is 9.14. The van der Waals surface area contributed by atoms with Gasteiger partial charge in [0, 0.05) is 11.7 Å². The maximum atomic E-state index is 13.1. The summed E-state index contributed by atoms with van der Waals surface area (Å²) in [6.07, 6.45) is 3.00. The van der Waals surface area contributed by atoms with Crippen molar-refractivity contribution in [1.29, 1.82) is 0 Å². The van der Waals surface area contributed by atoms with Crippen LogP contribution in [0.2, 0.25) is 0 Å². The minimum Gasteiger partial charge on any atom is -0.423 e. The second-order valence-corrected chi connectivity index (χ2v) is 2.89. The Balaban J connectivity index is 3.14. The molecule has 64 valence electrons. The van der Waals surface area contributed by atoms with Gasteiger partial charge in [-0.1, -0.05) is 0 Å². The molecule has 0 radical (unpaired) electrons. The molecule has 0 atom stereocenters. The fourth-order valence-corrected chi connectivity index (χ4v) is 1.24. The van der Waals surface area contributed by atoms with Crippen molar-refractivity contribution in [1.82, 2.24) is 4.98 Å². The second kappa shape index (κ2) is 3.89. The van der Waals surface area contributed by atoms with E-state index >= 15 is 0 Å². The third-order valence-corrected chi connectivity index (χ3v) is 2.03. The van der Waals surface area contributed by atoms with Crippen LogP contribution in [0.1, 0.15) is 0 Å². The lowest BCUT2D eigenvalue weighted by Crippen LogP contribution is -2.33. The fourth-order valence-electron chi connectivity index (χ4n) is 0.780. The predicted molar refractivity (Wildman–Crippen MR) is 45.8 cm³/mol. The number of hydrogen-bond donors (Lipinski definition) is 2. The molecule has 6 heteroatoms. The van der Waals surface area contributed by atoms with Crippen molar-refractivity contribution in [3.8, 4) is 0 Å². The Morgan fingerprint density at radius 2 is 2.25 bits per heavy atom. The monoisotopic (exact) mass is 187 g/mol. The van der Waals surface area contributed by atoms with Gasteiger partial charge in [0.15, 0.2) is 5.82 Å². The highest BCUT2D eigenvalue weighted by Gasteiger charge is 2.18. The highest BCUT2D eigenvalue weighted by molar-refractivity contribution is 7.98. The first kappa shape index (κ1) is 9.50. The molecule has 0 saturated carbocycles. The summed E-state index contributed by atoms with van der Waals surface area (Å²) < 4.78 is 13.1. The van der Waals surface area contributed by atoms with Gasteiger partial charge in [0.05, 0.1) is 0 Å². The second-order valence-electron chi connectivity index (χ2n) is 2.10. The number of halogens is 1. The van der Waals surface area contributed by atoms with E-state index in [0.29, 0.717) is 0 Å². The molecule has 1 aromatic heterocycles. The minimum absolute atomic E-state index is 0.144. The molecule has 1 rings (SSSR count). The molecular formula is C6H7BFNO2S. The van der Waals surface area contributed by atoms with Gasteiger partial charge in [-0.25, -0.2) is 9.37 Å². The van der Waals surface area contributed by atoms with Crippen LogP contribution in [0, 0.1) is 5.82 Å². The molecule has 3 nitrogen and oxygen atoms in total. The van der Waals surface area contributed by atoms with Crippen LogP contribution in [0.3, 0.4) is 0 Å². The van der Waals surface area contributed by atoms with Crippen LogP contribution >= 0.6 is 11.8 Å². The van der Waals surface area contributed by atoms with Gasteiger partial charge in [-0.05, 0) is 12.3 Å². The van der Waals surface area contributed by atoms with Crippen molar-refractivity contribution in [2.75, 3.05) is 6.26 Å². The first-order valence-electron chi connectivity index (χ1n) is 3.21. The van der Waals surface area contributed by atoms with E-state index in [1.807, 2.05) is 0 Å². The average molecular weight is 187 g/mol. The van der Waals surface area contributed by atoms with Crippen LogP contribution in [0.25, 0.3) is 0 Å². The number of aromatic nitrogens is 1. The molecular weight excluding hydrogens is 180 g/mol. The molecule has 0 unspecified atom stereocenters. The molecule has 0 aliphatic carbocycles. The van der Waals surface area contributed by atoms with Gasteiger partial charge in [-0.15, -0.1) is 11.8 Å². The Kier molecular flexibility index (Phi) is 3.08. The molecule has 0 amide bonds. The molecule has 0 fully saturated rings. The number of pyridine rings is 1. The third kappa shape index (κ3) is 1.77. The van der Waals surface area contributed by atoms with Gasteiger partial charge in [0.1, 0.15) is 5.03 Å². The zero-order valence-corrected chi connectivity index (χ0v) is 7.18. The molecule has 0 bridgehead atoms. The maximum Gasteiger partial charge on any atom is 0.491 e. The van der Waals surface area contributed by atoms with Crippen LogP contribution in [0.5, 0.6) is 0 Å². The van der Waals surface area contributed by atoms with Gasteiger partial charge in [0.25, 0.3) is 0 Å². The van der Waals surface area contributed by atoms with Crippen LogP contribution in [-0.2, 0) is 0 Å². The SMILES string of the molecule is CSc1nccc(B(O)O)c1F. The van der Waals surface area contributed by atoms with Gasteiger partial charge in [-0.3, -0.25) is 0 Å². The molecule has 1 heterocycles. The van der Waals surface area contributed by atoms with Crippen molar-refractivity contribution in [2.24, 2.45) is 0 Å². The number of nitrogens with zero attached hydrogens (tertiary/aromatic N) is 1. The van der Waals surface area contributed by atoms with Crippen molar-refractivity contribution in [3.63, 3.8) is 0 Å². The van der Waals surface area contributed by atoms with E-state index in [1.54, 1.807) is 6.26 Å². The number of rotatable bonds is 2. The van der Waals surface area contributed by atoms with E-state index in [-0.39, 0.29) is 10.5 Å². The summed E-state index contributed by atoms with van der Waals surface area (Å²) in [6, 6.07) is 1.24. The van der Waals surface area contributed by atoms with E-state index in [9.17, 15) is 4.39 Å². The largest absolute Gasteiger partial charge is 0.491 e. The van der Waals surface area contributed by atoms with E-state index in [0.717, 1.165) is 11.8 Å². The van der Waals surface area contributed by atoms with E-state index < -0.39 is 12.9 Å². The van der Waals surface area contributed by atoms with Gasteiger partial charge in [-0.2, -0.15) is 0 Å². The minimum atomic E-state index is -1.78. The summed E-state index contributed by atoms with van der Waals surface area (Å²) in [7, 11) is -1.78. The van der Waals surface area contributed by atoms with Gasteiger partial charge < -0.3 is 10.0 Å². The van der Waals surface area contributed by atoms with E-state index in [4.69, 9.17) is 10.0 Å². The normalized spacial score (nSPS) is 10.0. The number of thioether (sulfide) groups is 1. The van der Waals surface area contributed by atoms with Crippen molar-refractivity contribution < 1.29 is 14.4 Å². The van der Waals surface area contributed by atoms with Crippen molar-refractivity contribution in [3.05, 3.63) is 18.1 Å². The predicted octanol–water partition coefficient (Wildman–Crippen LogP) is -0.378. The van der Waals surface area contributed by atoms with Crippen LogP contribution in [0.4, 0.5) is 4.39 Å². The van der Waals surface area contributed by atoms with Crippen LogP contribution < -0.4 is 5.46 Å². The Bertz CT molecular complexity index is 284. The molecule has 0 aliphatic heterocycles. The fraction of sp³-hybridized carbons (Fsp3) is 0.167. The number of hydrogen-bond acceptors (Lipinski definition) is 4. The molecule has 1 aromatic rings. The smallest absolute Gasteiger partial charge is 0.423 e. The Morgan fingerprint density at radius 1 is 1.58 bits per heavy atom. The molecule has 0 aliphatic rings. The van der Waals surface area contributed by atoms with E-state index in [1.165, 1.54) is 12.3 Å². The van der Waals surface area contributed by atoms with E-state index in [2.05, 4.69) is 4.98 Å². The molecule has 2 N–H and O–H groups in total. The average Bonchev–Trinajstić information content (AvgIpc) is 2.04. The summed E-state index contributed by atoms with van der Waals surface area (Å²) in [6.45, 7) is 0. The standard InChI is InChI=1S/C6H7BFNO2S/c1-12-6-5(8)4(7(10)11)2-3-9-6/h2-3,10-11H,1H3. The van der Waals surface area contributed by atoms with Crippen molar-refractivity contribution in [2.45, 2.75) is 5.03 Å². The summed E-state index contributed by atoms with van der Waals surface area (Å²) in [5, 5.41) is 17.6. The Labute approximate surface area is 73.8 Å². The Morgan fingerprint density at radius 3 is 2.75 bits per heavy atom. The van der Waals surface area contributed by atoms with Crippen LogP contribution in [-0.4, -0.2) is 28.4 Å². The lowest BCUT2D eigenvalue weighted by molar-refractivity contribution is 0.422. The Hall–Kier alpha value is -0.585. The molecule has 0 aromatic carbocycles. The topological polar surface area (TPSA) is 53.4 Å². The van der Waals surface area contributed by atoms with Crippen LogP contribution in [0.15, 0.2) is 17.3 Å². The summed E-state index contributed by atoms with van der Waals surface area (Å²) in [5.74, 6) is -0.667. The summed E-state index contributed by atoms with van der Waals surface area (Å²) in [5.41, 5.74) is -0.144. The van der Waals surface area contributed by atoms with Gasteiger partial charge in [0.2, 0.25) is 0 Å². The first-order chi connectivity index (χ1) is 5.66. The molecule has 0 spiro atoms. The third-order valence-electron chi connectivity index (χ3n) is 1.36. The highest BCUT2D eigenvalue weighted by atomic mass is 32.2. The zero-order valence-electron chi connectivity index (χ0n) is 6.36. The summed E-state index contributed by atoms with van der Waals surface area (Å²) >= 11 is 1.12. The highest BCUT2D eigenvalue weighted by Crippen LogP contribution is 2.13. The summed E-state index contributed by atoms with van der Waals surface area (Å²) in [4.78, 5) is 3.71. The maximum absolute atomic E-state index is 13.1. The lowest BCUT2D eigenvalue weighted by atomic mass is 9.81. The lowest BCUT2D eigenvalue weighted by Gasteiger charge is -2.03. The van der Waals surface area contributed by atoms with Gasteiger partial charge >= 0.3 is 7.12 Å². The van der Waals surface area contributed by atoms with Crippen molar-refractivity contribution >= 4 is 24.3 Å². The molecule has 0 saturated heterocycles. The quantitative estimate of drug-likeness (QED) is 0.489. The molecule has 12 heavy (non-hydrogen) atoms. The first-order valence-corrected chi connectivity index (χ1v) is 4.43.